The number of carbonyl (C=O) groups excluding carboxylic acids is 1. The number of hydrogen-bond acceptors (Lipinski definition) is 4. The normalized spacial score (nSPS) is 23.9. The summed E-state index contributed by atoms with van der Waals surface area (Å²) in [5.74, 6) is 0.00833. The number of rotatable bonds is 1. The molecule has 1 aromatic carbocycles. The third kappa shape index (κ3) is 1.55. The third-order valence-corrected chi connectivity index (χ3v) is 2.95. The molecule has 0 saturated carbocycles. The molecule has 2 N–H and O–H groups in total. The first kappa shape index (κ1) is 11.0. The molecule has 2 atom stereocenters. The van der Waals surface area contributed by atoms with Crippen molar-refractivity contribution in [3.05, 3.63) is 22.8 Å². The molecule has 0 bridgehead atoms. The Morgan fingerprint density at radius 1 is 1.50 bits per heavy atom. The van der Waals surface area contributed by atoms with Crippen molar-refractivity contribution in [1.29, 1.82) is 0 Å². The molecular weight excluding hydrogens is 208 g/mol. The highest BCUT2D eigenvalue weighted by Gasteiger charge is 2.29. The molecule has 1 aliphatic heterocycles. The number of ether oxygens (including phenoxy) is 1. The highest BCUT2D eigenvalue weighted by atomic mass is 16.5. The van der Waals surface area contributed by atoms with Gasteiger partial charge in [0, 0.05) is 11.1 Å². The summed E-state index contributed by atoms with van der Waals surface area (Å²) in [6.45, 7) is 3.46. The van der Waals surface area contributed by atoms with Crippen LogP contribution in [0.15, 0.2) is 6.07 Å². The van der Waals surface area contributed by atoms with Crippen molar-refractivity contribution >= 4 is 6.29 Å². The van der Waals surface area contributed by atoms with Gasteiger partial charge >= 0.3 is 0 Å². The Morgan fingerprint density at radius 3 is 2.81 bits per heavy atom. The molecule has 1 aliphatic rings. The Labute approximate surface area is 93.5 Å². The minimum absolute atomic E-state index is 0.0426. The summed E-state index contributed by atoms with van der Waals surface area (Å²) >= 11 is 0. The SMILES string of the molecule is Cc1c(O)cc2c(c1O)C(C=O)O[C@H](C)C2. The van der Waals surface area contributed by atoms with E-state index in [4.69, 9.17) is 4.74 Å². The standard InChI is InChI=1S/C12H14O4/c1-6-3-8-4-9(14)7(2)12(15)11(8)10(5-13)16-6/h4-6,10,14-15H,3H2,1-2H3/t6-,10?/m1/s1. The largest absolute Gasteiger partial charge is 0.508 e. The lowest BCUT2D eigenvalue weighted by Gasteiger charge is -2.28. The monoisotopic (exact) mass is 222 g/mol. The van der Waals surface area contributed by atoms with Crippen molar-refractivity contribution in [2.75, 3.05) is 0 Å². The fraction of sp³-hybridized carbons (Fsp3) is 0.417. The van der Waals surface area contributed by atoms with Gasteiger partial charge in [0.1, 0.15) is 17.6 Å². The van der Waals surface area contributed by atoms with E-state index in [1.54, 1.807) is 13.0 Å². The van der Waals surface area contributed by atoms with Crippen LogP contribution in [-0.4, -0.2) is 22.6 Å². The maximum atomic E-state index is 10.9. The van der Waals surface area contributed by atoms with E-state index >= 15 is 0 Å². The number of aromatic hydroxyl groups is 2. The van der Waals surface area contributed by atoms with Gasteiger partial charge < -0.3 is 19.7 Å². The molecule has 0 fully saturated rings. The smallest absolute Gasteiger partial charge is 0.153 e. The van der Waals surface area contributed by atoms with E-state index in [1.165, 1.54) is 0 Å². The molecule has 1 heterocycles. The average Bonchev–Trinajstić information content (AvgIpc) is 2.24. The van der Waals surface area contributed by atoms with Gasteiger partial charge in [-0.1, -0.05) is 0 Å². The molecule has 2 rings (SSSR count). The molecule has 4 heteroatoms. The number of phenols is 2. The number of phenolic OH excluding ortho intramolecular Hbond substituents is 2. The zero-order valence-electron chi connectivity index (χ0n) is 9.23. The summed E-state index contributed by atoms with van der Waals surface area (Å²) in [7, 11) is 0. The number of carbonyl (C=O) groups is 1. The molecule has 1 aromatic rings. The summed E-state index contributed by atoms with van der Waals surface area (Å²) in [4.78, 5) is 10.9. The van der Waals surface area contributed by atoms with Crippen LogP contribution in [0.4, 0.5) is 0 Å². The van der Waals surface area contributed by atoms with Crippen LogP contribution >= 0.6 is 0 Å². The minimum Gasteiger partial charge on any atom is -0.508 e. The van der Waals surface area contributed by atoms with Crippen LogP contribution in [0.1, 0.15) is 29.7 Å². The van der Waals surface area contributed by atoms with Crippen LogP contribution in [0.25, 0.3) is 0 Å². The van der Waals surface area contributed by atoms with Gasteiger partial charge in [0.25, 0.3) is 0 Å². The van der Waals surface area contributed by atoms with Gasteiger partial charge in [-0.05, 0) is 31.9 Å². The fourth-order valence-electron chi connectivity index (χ4n) is 2.09. The van der Waals surface area contributed by atoms with Gasteiger partial charge in [0.15, 0.2) is 6.29 Å². The van der Waals surface area contributed by atoms with Gasteiger partial charge in [0.2, 0.25) is 0 Å². The van der Waals surface area contributed by atoms with Crippen LogP contribution in [0.3, 0.4) is 0 Å². The van der Waals surface area contributed by atoms with Crippen molar-refractivity contribution < 1.29 is 19.7 Å². The predicted molar refractivity (Wildman–Crippen MR) is 57.6 cm³/mol. The molecule has 0 aromatic heterocycles. The Kier molecular flexibility index (Phi) is 2.59. The molecule has 0 spiro atoms. The summed E-state index contributed by atoms with van der Waals surface area (Å²) in [5, 5.41) is 19.5. The van der Waals surface area contributed by atoms with E-state index in [9.17, 15) is 15.0 Å². The predicted octanol–water partition coefficient (Wildman–Crippen LogP) is 1.61. The first-order valence-electron chi connectivity index (χ1n) is 5.19. The molecule has 0 aliphatic carbocycles. The lowest BCUT2D eigenvalue weighted by molar-refractivity contribution is -0.123. The van der Waals surface area contributed by atoms with E-state index in [-0.39, 0.29) is 17.6 Å². The minimum atomic E-state index is -0.738. The summed E-state index contributed by atoms with van der Waals surface area (Å²) in [6, 6.07) is 1.60. The summed E-state index contributed by atoms with van der Waals surface area (Å²) in [6.07, 6.45) is 0.424. The molecule has 4 nitrogen and oxygen atoms in total. The molecule has 0 amide bonds. The summed E-state index contributed by atoms with van der Waals surface area (Å²) < 4.78 is 5.43. The van der Waals surface area contributed by atoms with Crippen LogP contribution in [0.5, 0.6) is 11.5 Å². The summed E-state index contributed by atoms with van der Waals surface area (Å²) in [5.41, 5.74) is 1.64. The second kappa shape index (κ2) is 3.79. The lowest BCUT2D eigenvalue weighted by Crippen LogP contribution is -2.24. The second-order valence-electron chi connectivity index (χ2n) is 4.15. The van der Waals surface area contributed by atoms with Crippen molar-refractivity contribution in [2.24, 2.45) is 0 Å². The molecule has 1 unspecified atom stereocenters. The average molecular weight is 222 g/mol. The number of hydrogen-bond donors (Lipinski definition) is 2. The van der Waals surface area contributed by atoms with Crippen molar-refractivity contribution in [3.8, 4) is 11.5 Å². The van der Waals surface area contributed by atoms with Crippen molar-refractivity contribution in [2.45, 2.75) is 32.5 Å². The second-order valence-corrected chi connectivity index (χ2v) is 4.15. The first-order chi connectivity index (χ1) is 7.54. The van der Waals surface area contributed by atoms with Gasteiger partial charge in [-0.25, -0.2) is 0 Å². The van der Waals surface area contributed by atoms with E-state index in [0.717, 1.165) is 5.56 Å². The fourth-order valence-corrected chi connectivity index (χ4v) is 2.09. The highest BCUT2D eigenvalue weighted by Crippen LogP contribution is 2.40. The topological polar surface area (TPSA) is 66.8 Å². The highest BCUT2D eigenvalue weighted by molar-refractivity contribution is 5.67. The molecule has 0 radical (unpaired) electrons. The van der Waals surface area contributed by atoms with Gasteiger partial charge in [-0.15, -0.1) is 0 Å². The Morgan fingerprint density at radius 2 is 2.19 bits per heavy atom. The van der Waals surface area contributed by atoms with Crippen molar-refractivity contribution in [3.63, 3.8) is 0 Å². The van der Waals surface area contributed by atoms with Crippen LogP contribution in [-0.2, 0) is 16.0 Å². The van der Waals surface area contributed by atoms with Crippen LogP contribution in [0, 0.1) is 6.92 Å². The third-order valence-electron chi connectivity index (χ3n) is 2.95. The van der Waals surface area contributed by atoms with E-state index in [1.807, 2.05) is 6.92 Å². The maximum absolute atomic E-state index is 10.9. The van der Waals surface area contributed by atoms with Crippen LogP contribution < -0.4 is 0 Å². The first-order valence-corrected chi connectivity index (χ1v) is 5.19. The van der Waals surface area contributed by atoms with E-state index in [0.29, 0.717) is 23.8 Å². The maximum Gasteiger partial charge on any atom is 0.153 e. The lowest BCUT2D eigenvalue weighted by atomic mass is 9.92. The molecular formula is C12H14O4. The Hall–Kier alpha value is -1.55. The zero-order valence-corrected chi connectivity index (χ0v) is 9.23. The van der Waals surface area contributed by atoms with E-state index < -0.39 is 6.10 Å². The quantitative estimate of drug-likeness (QED) is 0.708. The Balaban J connectivity index is 2.63. The molecule has 86 valence electrons. The van der Waals surface area contributed by atoms with Gasteiger partial charge in [-0.3, -0.25) is 0 Å². The molecule has 0 saturated heterocycles. The Bertz CT molecular complexity index is 439. The van der Waals surface area contributed by atoms with E-state index in [2.05, 4.69) is 0 Å². The number of benzene rings is 1. The van der Waals surface area contributed by atoms with Crippen LogP contribution in [0.2, 0.25) is 0 Å². The number of fused-ring (bicyclic) bond motifs is 1. The zero-order chi connectivity index (χ0) is 11.9. The number of aldehydes is 1. The molecule has 16 heavy (non-hydrogen) atoms. The van der Waals surface area contributed by atoms with Gasteiger partial charge in [0.05, 0.1) is 6.10 Å². The van der Waals surface area contributed by atoms with Gasteiger partial charge in [-0.2, -0.15) is 0 Å². The van der Waals surface area contributed by atoms with Crippen molar-refractivity contribution in [1.82, 2.24) is 0 Å².